The van der Waals surface area contributed by atoms with Crippen LogP contribution in [0.15, 0.2) is 16.3 Å². The molecule has 2 heterocycles. The molecule has 2 N–H and O–H groups in total. The predicted octanol–water partition coefficient (Wildman–Crippen LogP) is 0.445. The van der Waals surface area contributed by atoms with E-state index in [4.69, 9.17) is 9.84 Å². The Labute approximate surface area is 127 Å². The molecule has 0 bridgehead atoms. The number of morpholine rings is 1. The molecule has 1 saturated heterocycles. The third-order valence-corrected chi connectivity index (χ3v) is 6.22. The smallest absolute Gasteiger partial charge is 0.345 e. The molecule has 0 aliphatic carbocycles. The lowest BCUT2D eigenvalue weighted by Crippen LogP contribution is -2.47. The zero-order valence-electron chi connectivity index (χ0n) is 11.6. The first-order chi connectivity index (χ1) is 9.92. The SMILES string of the molecule is CCN1CCOC(CNS(=O)(=O)c2ccc(C(=O)O)s2)C1. The molecule has 9 heteroatoms. The van der Waals surface area contributed by atoms with Crippen molar-refractivity contribution in [1.82, 2.24) is 9.62 Å². The molecule has 0 spiro atoms. The van der Waals surface area contributed by atoms with Crippen LogP contribution in [-0.4, -0.2) is 63.3 Å². The van der Waals surface area contributed by atoms with Gasteiger partial charge in [0.15, 0.2) is 0 Å². The summed E-state index contributed by atoms with van der Waals surface area (Å²) in [5, 5.41) is 8.82. The highest BCUT2D eigenvalue weighted by Crippen LogP contribution is 2.21. The Morgan fingerprint density at radius 1 is 1.57 bits per heavy atom. The van der Waals surface area contributed by atoms with E-state index in [1.165, 1.54) is 12.1 Å². The number of sulfonamides is 1. The van der Waals surface area contributed by atoms with E-state index >= 15 is 0 Å². The number of thiophene rings is 1. The quantitative estimate of drug-likeness (QED) is 0.784. The molecule has 1 fully saturated rings. The molecule has 118 valence electrons. The number of nitrogens with zero attached hydrogens (tertiary/aromatic N) is 1. The normalized spacial score (nSPS) is 20.5. The highest BCUT2D eigenvalue weighted by molar-refractivity contribution is 7.91. The topological polar surface area (TPSA) is 95.9 Å². The molecule has 1 aliphatic heterocycles. The summed E-state index contributed by atoms with van der Waals surface area (Å²) < 4.78 is 32.2. The van der Waals surface area contributed by atoms with Gasteiger partial charge in [-0.15, -0.1) is 11.3 Å². The molecule has 1 aromatic heterocycles. The first-order valence-corrected chi connectivity index (χ1v) is 8.89. The third-order valence-electron chi connectivity index (χ3n) is 3.23. The van der Waals surface area contributed by atoms with Crippen molar-refractivity contribution < 1.29 is 23.1 Å². The average Bonchev–Trinajstić information content (AvgIpc) is 2.96. The lowest BCUT2D eigenvalue weighted by Gasteiger charge is -2.31. The Morgan fingerprint density at radius 3 is 2.95 bits per heavy atom. The number of ether oxygens (including phenoxy) is 1. The zero-order chi connectivity index (χ0) is 15.5. The number of rotatable bonds is 6. The molecule has 0 radical (unpaired) electrons. The highest BCUT2D eigenvalue weighted by atomic mass is 32.2. The largest absolute Gasteiger partial charge is 0.477 e. The van der Waals surface area contributed by atoms with Gasteiger partial charge in [-0.3, -0.25) is 4.90 Å². The molecular formula is C12H18N2O5S2. The van der Waals surface area contributed by atoms with Crippen LogP contribution in [0, 0.1) is 0 Å². The molecule has 1 aliphatic rings. The minimum atomic E-state index is -3.69. The van der Waals surface area contributed by atoms with Crippen molar-refractivity contribution in [1.29, 1.82) is 0 Å². The van der Waals surface area contributed by atoms with Crippen LogP contribution in [-0.2, 0) is 14.8 Å². The minimum Gasteiger partial charge on any atom is -0.477 e. The van der Waals surface area contributed by atoms with Gasteiger partial charge in [-0.1, -0.05) is 6.92 Å². The highest BCUT2D eigenvalue weighted by Gasteiger charge is 2.23. The van der Waals surface area contributed by atoms with E-state index in [9.17, 15) is 13.2 Å². The molecule has 0 saturated carbocycles. The lowest BCUT2D eigenvalue weighted by molar-refractivity contribution is -0.0229. The summed E-state index contributed by atoms with van der Waals surface area (Å²) in [7, 11) is -3.69. The van der Waals surface area contributed by atoms with Gasteiger partial charge in [0.05, 0.1) is 12.7 Å². The van der Waals surface area contributed by atoms with Crippen LogP contribution in [0.5, 0.6) is 0 Å². The molecule has 1 unspecified atom stereocenters. The van der Waals surface area contributed by atoms with Crippen molar-refractivity contribution in [2.75, 3.05) is 32.8 Å². The van der Waals surface area contributed by atoms with Crippen molar-refractivity contribution in [3.8, 4) is 0 Å². The third kappa shape index (κ3) is 4.24. The fourth-order valence-electron chi connectivity index (χ4n) is 2.04. The van der Waals surface area contributed by atoms with Crippen molar-refractivity contribution in [3.05, 3.63) is 17.0 Å². The van der Waals surface area contributed by atoms with E-state index in [0.717, 1.165) is 24.4 Å². The molecule has 0 aromatic carbocycles. The Kier molecular flexibility index (Phi) is 5.33. The van der Waals surface area contributed by atoms with Crippen molar-refractivity contribution >= 4 is 27.3 Å². The lowest BCUT2D eigenvalue weighted by atomic mass is 10.3. The van der Waals surface area contributed by atoms with E-state index < -0.39 is 16.0 Å². The van der Waals surface area contributed by atoms with Crippen LogP contribution in [0.25, 0.3) is 0 Å². The van der Waals surface area contributed by atoms with Gasteiger partial charge in [0, 0.05) is 19.6 Å². The molecule has 1 atom stereocenters. The van der Waals surface area contributed by atoms with Crippen molar-refractivity contribution in [3.63, 3.8) is 0 Å². The number of carbonyl (C=O) groups is 1. The number of aromatic carboxylic acids is 1. The number of likely N-dealkylation sites (N-methyl/N-ethyl adjacent to an activating group) is 1. The van der Waals surface area contributed by atoms with Gasteiger partial charge in [0.2, 0.25) is 10.0 Å². The predicted molar refractivity (Wildman–Crippen MR) is 78.3 cm³/mol. The summed E-state index contributed by atoms with van der Waals surface area (Å²) >= 11 is 0.738. The average molecular weight is 334 g/mol. The molecule has 2 rings (SSSR count). The Morgan fingerprint density at radius 2 is 2.33 bits per heavy atom. The first-order valence-electron chi connectivity index (χ1n) is 6.59. The maximum Gasteiger partial charge on any atom is 0.345 e. The van der Waals surface area contributed by atoms with Crippen LogP contribution in [0.1, 0.15) is 16.6 Å². The summed E-state index contributed by atoms with van der Waals surface area (Å²) in [6.07, 6.45) is -0.188. The zero-order valence-corrected chi connectivity index (χ0v) is 13.2. The Bertz CT molecular complexity index is 599. The van der Waals surface area contributed by atoms with Gasteiger partial charge in [0.25, 0.3) is 0 Å². The Balaban J connectivity index is 1.96. The first kappa shape index (κ1) is 16.4. The summed E-state index contributed by atoms with van der Waals surface area (Å²) in [5.74, 6) is -1.13. The summed E-state index contributed by atoms with van der Waals surface area (Å²) in [4.78, 5) is 13.0. The number of nitrogens with one attached hydrogen (secondary N) is 1. The van der Waals surface area contributed by atoms with E-state index in [2.05, 4.69) is 9.62 Å². The Hall–Kier alpha value is -1.00. The monoisotopic (exact) mass is 334 g/mol. The van der Waals surface area contributed by atoms with Gasteiger partial charge < -0.3 is 9.84 Å². The molecule has 1 aromatic rings. The van der Waals surface area contributed by atoms with Gasteiger partial charge in [-0.25, -0.2) is 17.9 Å². The van der Waals surface area contributed by atoms with Crippen LogP contribution in [0.3, 0.4) is 0 Å². The van der Waals surface area contributed by atoms with E-state index in [0.29, 0.717) is 13.2 Å². The molecule has 0 amide bonds. The van der Waals surface area contributed by atoms with E-state index in [-0.39, 0.29) is 21.7 Å². The van der Waals surface area contributed by atoms with Gasteiger partial charge in [-0.2, -0.15) is 0 Å². The van der Waals surface area contributed by atoms with Crippen molar-refractivity contribution in [2.45, 2.75) is 17.2 Å². The maximum absolute atomic E-state index is 12.1. The standard InChI is InChI=1S/C12H18N2O5S2/c1-2-14-5-6-19-9(8-14)7-13-21(17,18)11-4-3-10(20-11)12(15)16/h3-4,9,13H,2,5-8H2,1H3,(H,15,16). The number of carboxylic acid groups (broad SMARTS) is 1. The van der Waals surface area contributed by atoms with Gasteiger partial charge in [0.1, 0.15) is 9.09 Å². The van der Waals surface area contributed by atoms with E-state index in [1.807, 2.05) is 6.92 Å². The van der Waals surface area contributed by atoms with Gasteiger partial charge >= 0.3 is 5.97 Å². The summed E-state index contributed by atoms with van der Waals surface area (Å²) in [5.41, 5.74) is 0. The van der Waals surface area contributed by atoms with E-state index in [1.54, 1.807) is 0 Å². The second-order valence-corrected chi connectivity index (χ2v) is 7.74. The minimum absolute atomic E-state index is 0.00134. The molecule has 21 heavy (non-hydrogen) atoms. The van der Waals surface area contributed by atoms with Gasteiger partial charge in [-0.05, 0) is 18.7 Å². The fraction of sp³-hybridized carbons (Fsp3) is 0.583. The van der Waals surface area contributed by atoms with Crippen LogP contribution >= 0.6 is 11.3 Å². The van der Waals surface area contributed by atoms with Crippen LogP contribution in [0.2, 0.25) is 0 Å². The number of carboxylic acids is 1. The maximum atomic E-state index is 12.1. The van der Waals surface area contributed by atoms with Crippen molar-refractivity contribution in [2.24, 2.45) is 0 Å². The number of hydrogen-bond acceptors (Lipinski definition) is 6. The summed E-state index contributed by atoms with van der Waals surface area (Å²) in [6.45, 7) is 5.25. The molecular weight excluding hydrogens is 316 g/mol. The number of hydrogen-bond donors (Lipinski definition) is 2. The molecule has 7 nitrogen and oxygen atoms in total. The second-order valence-electron chi connectivity index (χ2n) is 4.66. The fourth-order valence-corrected chi connectivity index (χ4v) is 4.30. The second kappa shape index (κ2) is 6.84. The van der Waals surface area contributed by atoms with Crippen LogP contribution < -0.4 is 4.72 Å². The van der Waals surface area contributed by atoms with Crippen LogP contribution in [0.4, 0.5) is 0 Å². The summed E-state index contributed by atoms with van der Waals surface area (Å²) in [6, 6.07) is 2.59.